The molecular formula is C30H31N9O5. The van der Waals surface area contributed by atoms with Crippen LogP contribution in [0.5, 0.6) is 5.88 Å². The first-order chi connectivity index (χ1) is 21.1. The third kappa shape index (κ3) is 5.32. The number of aliphatic hydroxyl groups excluding tert-OH is 1. The molecule has 14 heteroatoms. The molecule has 3 aliphatic rings. The van der Waals surface area contributed by atoms with Gasteiger partial charge in [-0.2, -0.15) is 4.98 Å². The van der Waals surface area contributed by atoms with Crippen LogP contribution in [-0.4, -0.2) is 70.8 Å². The fourth-order valence-corrected chi connectivity index (χ4v) is 5.40. The molecular weight excluding hydrogens is 566 g/mol. The Morgan fingerprint density at radius 3 is 2.68 bits per heavy atom. The van der Waals surface area contributed by atoms with Gasteiger partial charge in [0.25, 0.3) is 0 Å². The van der Waals surface area contributed by atoms with Crippen LogP contribution in [0.15, 0.2) is 36.8 Å². The molecule has 0 spiro atoms. The number of pyridine rings is 1. The van der Waals surface area contributed by atoms with E-state index in [1.165, 1.54) is 24.9 Å². The lowest BCUT2D eigenvalue weighted by Gasteiger charge is -2.17. The molecule has 3 atom stereocenters. The van der Waals surface area contributed by atoms with Crippen LogP contribution in [0.4, 0.5) is 16.3 Å². The number of likely N-dealkylation sites (N-methyl/N-ethyl adjacent to an activating group) is 1. The number of imidazole rings is 1. The number of imide groups is 1. The van der Waals surface area contributed by atoms with E-state index in [0.29, 0.717) is 35.2 Å². The molecule has 14 nitrogen and oxygen atoms in total. The normalized spacial score (nSPS) is 20.4. The van der Waals surface area contributed by atoms with Gasteiger partial charge in [0.15, 0.2) is 11.5 Å². The molecule has 3 fully saturated rings. The SMILES string of the molecule is Cc1ccnc([C@H]2C[C@@H]2C(=O)Nc2cc(OCc3cn4cc(C5CC5)cc(N5CC(=O)N(C)C5=O)c4n3)nc(C(C)O)n2)n1. The van der Waals surface area contributed by atoms with E-state index < -0.39 is 12.1 Å². The maximum absolute atomic E-state index is 13.0. The highest BCUT2D eigenvalue weighted by Gasteiger charge is 2.46. The van der Waals surface area contributed by atoms with E-state index in [0.717, 1.165) is 29.0 Å². The molecule has 1 saturated heterocycles. The Kier molecular flexibility index (Phi) is 6.72. The molecule has 226 valence electrons. The molecule has 5 heterocycles. The van der Waals surface area contributed by atoms with Gasteiger partial charge in [-0.15, -0.1) is 0 Å². The lowest BCUT2D eigenvalue weighted by Crippen LogP contribution is -2.30. The van der Waals surface area contributed by atoms with Crippen LogP contribution in [0.1, 0.15) is 72.7 Å². The number of rotatable bonds is 9. The molecule has 0 aromatic carbocycles. The Labute approximate surface area is 252 Å². The number of carbonyl (C=O) groups excluding carboxylic acids is 3. The predicted molar refractivity (Wildman–Crippen MR) is 156 cm³/mol. The number of hydrogen-bond acceptors (Lipinski definition) is 10. The second-order valence-corrected chi connectivity index (χ2v) is 11.6. The number of aliphatic hydroxyl groups is 1. The first-order valence-corrected chi connectivity index (χ1v) is 14.5. The summed E-state index contributed by atoms with van der Waals surface area (Å²) in [5.74, 6) is 0.680. The lowest BCUT2D eigenvalue weighted by molar-refractivity contribution is -0.124. The summed E-state index contributed by atoms with van der Waals surface area (Å²) in [7, 11) is 1.47. The number of fused-ring (bicyclic) bond motifs is 1. The van der Waals surface area contributed by atoms with Crippen molar-refractivity contribution >= 4 is 35.0 Å². The molecule has 4 aromatic rings. The second-order valence-electron chi connectivity index (χ2n) is 11.6. The van der Waals surface area contributed by atoms with Crippen molar-refractivity contribution in [3.63, 3.8) is 0 Å². The van der Waals surface area contributed by atoms with Gasteiger partial charge < -0.3 is 19.6 Å². The number of anilines is 2. The smallest absolute Gasteiger partial charge is 0.331 e. The van der Waals surface area contributed by atoms with Gasteiger partial charge in [-0.25, -0.2) is 24.7 Å². The first-order valence-electron chi connectivity index (χ1n) is 14.5. The molecule has 1 unspecified atom stereocenters. The van der Waals surface area contributed by atoms with Crippen LogP contribution in [0.25, 0.3) is 5.65 Å². The summed E-state index contributed by atoms with van der Waals surface area (Å²) in [6.07, 6.45) is 7.28. The molecule has 2 N–H and O–H groups in total. The van der Waals surface area contributed by atoms with Crippen molar-refractivity contribution in [2.24, 2.45) is 5.92 Å². The van der Waals surface area contributed by atoms with Gasteiger partial charge >= 0.3 is 6.03 Å². The van der Waals surface area contributed by atoms with Gasteiger partial charge in [0.05, 0.1) is 11.4 Å². The number of nitrogens with zero attached hydrogens (tertiary/aromatic N) is 8. The standard InChI is InChI=1S/C30H31N9O5/c1-15-6-7-31-27(32-15)20-9-21(20)29(42)35-23-10-24(36-26(34-23)16(2)40)44-14-19-12-38-11-18(17-4-5-17)8-22(28(38)33-19)39-13-25(41)37(3)30(39)43/h6-8,10-12,16-17,20-21,40H,4-5,9,13-14H2,1-3H3,(H,34,35,36,42)/t16?,20-,21-/m0/s1. The van der Waals surface area contributed by atoms with Crippen LogP contribution in [-0.2, 0) is 16.2 Å². The zero-order valence-corrected chi connectivity index (χ0v) is 24.5. The summed E-state index contributed by atoms with van der Waals surface area (Å²) >= 11 is 0. The van der Waals surface area contributed by atoms with E-state index in [1.807, 2.05) is 35.9 Å². The largest absolute Gasteiger partial charge is 0.471 e. The number of aromatic nitrogens is 6. The number of ether oxygens (including phenoxy) is 1. The third-order valence-electron chi connectivity index (χ3n) is 8.11. The number of nitrogens with one attached hydrogen (secondary N) is 1. The van der Waals surface area contributed by atoms with Gasteiger partial charge in [-0.3, -0.25) is 19.4 Å². The molecule has 4 aromatic heterocycles. The van der Waals surface area contributed by atoms with E-state index in [-0.39, 0.29) is 54.3 Å². The summed E-state index contributed by atoms with van der Waals surface area (Å²) in [6.45, 7) is 3.38. The Bertz CT molecular complexity index is 1820. The molecule has 2 aliphatic carbocycles. The Morgan fingerprint density at radius 1 is 1.16 bits per heavy atom. The average Bonchev–Trinajstić information content (AvgIpc) is 3.93. The molecule has 7 rings (SSSR count). The first kappa shape index (κ1) is 27.8. The minimum Gasteiger partial charge on any atom is -0.471 e. The summed E-state index contributed by atoms with van der Waals surface area (Å²) in [5.41, 5.74) is 3.59. The molecule has 2 saturated carbocycles. The maximum atomic E-state index is 13.0. The zero-order valence-electron chi connectivity index (χ0n) is 24.5. The van der Waals surface area contributed by atoms with Crippen LogP contribution >= 0.6 is 0 Å². The summed E-state index contributed by atoms with van der Waals surface area (Å²) in [6, 6.07) is 4.86. The molecule has 44 heavy (non-hydrogen) atoms. The van der Waals surface area contributed by atoms with Crippen molar-refractivity contribution in [1.29, 1.82) is 0 Å². The van der Waals surface area contributed by atoms with E-state index in [9.17, 15) is 19.5 Å². The number of carbonyl (C=O) groups is 3. The van der Waals surface area contributed by atoms with Crippen LogP contribution in [0.3, 0.4) is 0 Å². The van der Waals surface area contributed by atoms with Crippen molar-refractivity contribution in [3.8, 4) is 5.88 Å². The van der Waals surface area contributed by atoms with Crippen molar-refractivity contribution in [1.82, 2.24) is 34.2 Å². The average molecular weight is 598 g/mol. The molecule has 4 amide bonds. The highest BCUT2D eigenvalue weighted by molar-refractivity contribution is 6.13. The number of hydrogen-bond donors (Lipinski definition) is 2. The van der Waals surface area contributed by atoms with E-state index in [4.69, 9.17) is 9.72 Å². The van der Waals surface area contributed by atoms with Gasteiger partial charge in [-0.1, -0.05) is 0 Å². The topological polar surface area (TPSA) is 168 Å². The minimum absolute atomic E-state index is 0.0196. The quantitative estimate of drug-likeness (QED) is 0.274. The van der Waals surface area contributed by atoms with Gasteiger partial charge in [0, 0.05) is 49.2 Å². The molecule has 0 bridgehead atoms. The Morgan fingerprint density at radius 2 is 1.98 bits per heavy atom. The summed E-state index contributed by atoms with van der Waals surface area (Å²) in [5, 5.41) is 13.0. The van der Waals surface area contributed by atoms with Gasteiger partial charge in [-0.05, 0) is 56.7 Å². The third-order valence-corrected chi connectivity index (χ3v) is 8.11. The van der Waals surface area contributed by atoms with E-state index in [1.54, 1.807) is 6.20 Å². The van der Waals surface area contributed by atoms with Crippen molar-refractivity contribution in [2.75, 3.05) is 23.8 Å². The predicted octanol–water partition coefficient (Wildman–Crippen LogP) is 2.87. The van der Waals surface area contributed by atoms with Crippen LogP contribution in [0.2, 0.25) is 0 Å². The van der Waals surface area contributed by atoms with Crippen LogP contribution in [0, 0.1) is 12.8 Å². The fraction of sp³-hybridized carbons (Fsp3) is 0.400. The monoisotopic (exact) mass is 597 g/mol. The van der Waals surface area contributed by atoms with E-state index >= 15 is 0 Å². The summed E-state index contributed by atoms with van der Waals surface area (Å²) in [4.78, 5) is 62.7. The van der Waals surface area contributed by atoms with Crippen molar-refractivity contribution in [3.05, 3.63) is 65.4 Å². The van der Waals surface area contributed by atoms with E-state index in [2.05, 4.69) is 25.3 Å². The van der Waals surface area contributed by atoms with Crippen molar-refractivity contribution in [2.45, 2.75) is 57.7 Å². The number of urea groups is 1. The second kappa shape index (κ2) is 10.6. The fourth-order valence-electron chi connectivity index (χ4n) is 5.40. The minimum atomic E-state index is -0.999. The Balaban J connectivity index is 1.10. The summed E-state index contributed by atoms with van der Waals surface area (Å²) < 4.78 is 7.83. The Hall–Kier alpha value is -4.98. The number of aryl methyl sites for hydroxylation is 1. The molecule has 1 aliphatic heterocycles. The van der Waals surface area contributed by atoms with Gasteiger partial charge in [0.2, 0.25) is 17.7 Å². The lowest BCUT2D eigenvalue weighted by atomic mass is 10.1. The highest BCUT2D eigenvalue weighted by atomic mass is 16.5. The van der Waals surface area contributed by atoms with Gasteiger partial charge in [0.1, 0.15) is 30.9 Å². The molecule has 0 radical (unpaired) electrons. The van der Waals surface area contributed by atoms with Crippen LogP contribution < -0.4 is 15.0 Å². The van der Waals surface area contributed by atoms with Crippen molar-refractivity contribution < 1.29 is 24.2 Å². The highest BCUT2D eigenvalue weighted by Crippen LogP contribution is 2.46. The zero-order chi connectivity index (χ0) is 30.7. The number of amides is 4. The maximum Gasteiger partial charge on any atom is 0.331 e.